The van der Waals surface area contributed by atoms with E-state index in [0.29, 0.717) is 5.89 Å². The highest BCUT2D eigenvalue weighted by Gasteiger charge is 2.22. The smallest absolute Gasteiger partial charge is 0.227 e. The molecule has 11 aromatic rings. The minimum atomic E-state index is 0.609. The molecule has 282 valence electrons. The van der Waals surface area contributed by atoms with Gasteiger partial charge in [0.25, 0.3) is 0 Å². The Morgan fingerprint density at radius 1 is 0.333 bits per heavy atom. The molecule has 0 radical (unpaired) electrons. The van der Waals surface area contributed by atoms with Gasteiger partial charge >= 0.3 is 0 Å². The summed E-state index contributed by atoms with van der Waals surface area (Å²) in [7, 11) is 0. The molecule has 0 aliphatic rings. The fourth-order valence-electron chi connectivity index (χ4n) is 8.46. The van der Waals surface area contributed by atoms with Gasteiger partial charge in [-0.3, -0.25) is 0 Å². The quantitative estimate of drug-likeness (QED) is 0.154. The van der Waals surface area contributed by atoms with Crippen molar-refractivity contribution in [2.75, 3.05) is 4.90 Å². The van der Waals surface area contributed by atoms with Crippen LogP contribution in [-0.4, -0.2) is 4.98 Å². The molecule has 1 aromatic heterocycles. The SMILES string of the molecule is c1ccc(-c2ccc(-c3nc4c(ccc5ccc(-c6ccc7ccccc7c6N(c6ccc(-c7ccccc7)cc6)c6cccc(-c7ccccc7)c6)cc54)o3)cc2)cc1. The Morgan fingerprint density at radius 3 is 1.55 bits per heavy atom. The maximum Gasteiger partial charge on any atom is 0.227 e. The van der Waals surface area contributed by atoms with Crippen molar-refractivity contribution in [1.82, 2.24) is 4.98 Å². The van der Waals surface area contributed by atoms with E-state index < -0.39 is 0 Å². The molecule has 0 fully saturated rings. The zero-order chi connectivity index (χ0) is 39.8. The van der Waals surface area contributed by atoms with E-state index in [-0.39, 0.29) is 0 Å². The van der Waals surface area contributed by atoms with Crippen molar-refractivity contribution in [3.8, 4) is 56.0 Å². The van der Waals surface area contributed by atoms with Gasteiger partial charge < -0.3 is 9.32 Å². The predicted molar refractivity (Wildman–Crippen MR) is 251 cm³/mol. The van der Waals surface area contributed by atoms with Crippen LogP contribution in [0.5, 0.6) is 0 Å². The molecule has 0 atom stereocenters. The average molecular weight is 767 g/mol. The zero-order valence-corrected chi connectivity index (χ0v) is 32.7. The van der Waals surface area contributed by atoms with Gasteiger partial charge in [0.05, 0.1) is 5.69 Å². The molecule has 0 spiro atoms. The second-order valence-corrected chi connectivity index (χ2v) is 15.2. The number of aromatic nitrogens is 1. The summed E-state index contributed by atoms with van der Waals surface area (Å²) in [5.41, 5.74) is 15.1. The van der Waals surface area contributed by atoms with Crippen molar-refractivity contribution >= 4 is 49.7 Å². The molecule has 3 heteroatoms. The van der Waals surface area contributed by atoms with Crippen LogP contribution < -0.4 is 4.90 Å². The Bertz CT molecular complexity index is 3280. The van der Waals surface area contributed by atoms with Crippen LogP contribution in [0.2, 0.25) is 0 Å². The molecular formula is C57H38N2O. The molecule has 10 aromatic carbocycles. The molecule has 0 bridgehead atoms. The van der Waals surface area contributed by atoms with Gasteiger partial charge in [-0.05, 0) is 98.2 Å². The van der Waals surface area contributed by atoms with Crippen LogP contribution in [-0.2, 0) is 0 Å². The summed E-state index contributed by atoms with van der Waals surface area (Å²) in [5.74, 6) is 0.609. The van der Waals surface area contributed by atoms with Gasteiger partial charge in [0.15, 0.2) is 5.58 Å². The number of nitrogens with zero attached hydrogens (tertiary/aromatic N) is 2. The summed E-state index contributed by atoms with van der Waals surface area (Å²) in [4.78, 5) is 7.57. The summed E-state index contributed by atoms with van der Waals surface area (Å²) in [6, 6.07) is 82.0. The molecule has 0 amide bonds. The lowest BCUT2D eigenvalue weighted by Gasteiger charge is -2.30. The molecule has 3 nitrogen and oxygen atoms in total. The van der Waals surface area contributed by atoms with Gasteiger partial charge in [-0.2, -0.15) is 0 Å². The molecule has 11 rings (SSSR count). The molecular weight excluding hydrogens is 729 g/mol. The molecule has 0 unspecified atom stereocenters. The van der Waals surface area contributed by atoms with Gasteiger partial charge in [0.1, 0.15) is 5.52 Å². The maximum absolute atomic E-state index is 6.46. The second-order valence-electron chi connectivity index (χ2n) is 15.2. The Morgan fingerprint density at radius 2 is 0.850 bits per heavy atom. The second kappa shape index (κ2) is 15.1. The lowest BCUT2D eigenvalue weighted by Crippen LogP contribution is -2.12. The van der Waals surface area contributed by atoms with E-state index in [1.54, 1.807) is 0 Å². The van der Waals surface area contributed by atoms with E-state index in [2.05, 4.69) is 223 Å². The fraction of sp³-hybridized carbons (Fsp3) is 0. The van der Waals surface area contributed by atoms with Crippen LogP contribution >= 0.6 is 0 Å². The molecule has 0 aliphatic carbocycles. The molecule has 0 aliphatic heterocycles. The lowest BCUT2D eigenvalue weighted by molar-refractivity contribution is 0.620. The first-order valence-electron chi connectivity index (χ1n) is 20.4. The molecule has 0 saturated heterocycles. The Balaban J connectivity index is 1.08. The van der Waals surface area contributed by atoms with Crippen LogP contribution in [0.15, 0.2) is 235 Å². The van der Waals surface area contributed by atoms with E-state index in [1.807, 2.05) is 12.1 Å². The first-order valence-corrected chi connectivity index (χ1v) is 20.4. The minimum Gasteiger partial charge on any atom is -0.436 e. The van der Waals surface area contributed by atoms with Crippen LogP contribution in [0.25, 0.3) is 88.6 Å². The fourth-order valence-corrected chi connectivity index (χ4v) is 8.46. The van der Waals surface area contributed by atoms with Gasteiger partial charge in [-0.1, -0.05) is 182 Å². The van der Waals surface area contributed by atoms with Gasteiger partial charge in [-0.15, -0.1) is 0 Å². The minimum absolute atomic E-state index is 0.609. The van der Waals surface area contributed by atoms with Crippen LogP contribution in [0.3, 0.4) is 0 Å². The Labute approximate surface area is 349 Å². The monoisotopic (exact) mass is 766 g/mol. The van der Waals surface area contributed by atoms with Crippen LogP contribution in [0, 0.1) is 0 Å². The zero-order valence-electron chi connectivity index (χ0n) is 32.7. The van der Waals surface area contributed by atoms with Crippen molar-refractivity contribution in [3.05, 3.63) is 231 Å². The standard InChI is InChI=1S/C57H38N2O/c1-4-13-39(14-5-1)42-23-26-46(27-24-42)57-58-55-53-38-48(28-25-45(53)32-36-54(55)60-57)52-35-31-44-19-10-11-22-51(44)56(52)59(49-33-29-43(30-34-49)40-15-6-2-7-16-40)50-21-12-20-47(37-50)41-17-8-3-9-18-41/h1-38H. The normalized spacial score (nSPS) is 11.3. The third-order valence-electron chi connectivity index (χ3n) is 11.5. The largest absolute Gasteiger partial charge is 0.436 e. The number of rotatable bonds is 8. The van der Waals surface area contributed by atoms with Crippen molar-refractivity contribution in [2.24, 2.45) is 0 Å². The summed E-state index contributed by atoms with van der Waals surface area (Å²) >= 11 is 0. The third kappa shape index (κ3) is 6.49. The van der Waals surface area contributed by atoms with Gasteiger partial charge in [0, 0.05) is 33.3 Å². The molecule has 0 saturated carbocycles. The van der Waals surface area contributed by atoms with Crippen molar-refractivity contribution in [1.29, 1.82) is 0 Å². The van der Waals surface area contributed by atoms with Gasteiger partial charge in [0.2, 0.25) is 5.89 Å². The highest BCUT2D eigenvalue weighted by molar-refractivity contribution is 6.10. The number of benzene rings is 10. The Kier molecular flexibility index (Phi) is 8.83. The number of hydrogen-bond donors (Lipinski definition) is 0. The first-order chi connectivity index (χ1) is 29.7. The van der Waals surface area contributed by atoms with Crippen molar-refractivity contribution in [2.45, 2.75) is 0 Å². The highest BCUT2D eigenvalue weighted by atomic mass is 16.3. The maximum atomic E-state index is 6.46. The number of fused-ring (bicyclic) bond motifs is 4. The van der Waals surface area contributed by atoms with E-state index in [1.165, 1.54) is 27.6 Å². The lowest BCUT2D eigenvalue weighted by atomic mass is 9.94. The summed E-state index contributed by atoms with van der Waals surface area (Å²) in [6.45, 7) is 0. The van der Waals surface area contributed by atoms with Crippen LogP contribution in [0.4, 0.5) is 17.1 Å². The summed E-state index contributed by atoms with van der Waals surface area (Å²) in [5, 5.41) is 4.49. The topological polar surface area (TPSA) is 29.3 Å². The average Bonchev–Trinajstić information content (AvgIpc) is 3.78. The van der Waals surface area contributed by atoms with Crippen molar-refractivity contribution in [3.63, 3.8) is 0 Å². The van der Waals surface area contributed by atoms with E-state index in [9.17, 15) is 0 Å². The summed E-state index contributed by atoms with van der Waals surface area (Å²) in [6.07, 6.45) is 0. The van der Waals surface area contributed by atoms with E-state index >= 15 is 0 Å². The summed E-state index contributed by atoms with van der Waals surface area (Å²) < 4.78 is 6.46. The first kappa shape index (κ1) is 35.2. The van der Waals surface area contributed by atoms with E-state index in [4.69, 9.17) is 9.40 Å². The molecule has 0 N–H and O–H groups in total. The van der Waals surface area contributed by atoms with Gasteiger partial charge in [-0.25, -0.2) is 4.98 Å². The van der Waals surface area contributed by atoms with Crippen LogP contribution in [0.1, 0.15) is 0 Å². The van der Waals surface area contributed by atoms with E-state index in [0.717, 1.165) is 72.1 Å². The molecule has 1 heterocycles. The number of anilines is 3. The highest BCUT2D eigenvalue weighted by Crippen LogP contribution is 2.47. The number of oxazole rings is 1. The van der Waals surface area contributed by atoms with Crippen molar-refractivity contribution < 1.29 is 4.42 Å². The predicted octanol–water partition coefficient (Wildman–Crippen LogP) is 15.9. The third-order valence-corrected chi connectivity index (χ3v) is 11.5. The number of hydrogen-bond acceptors (Lipinski definition) is 3. The Hall–Kier alpha value is -8.01. The molecule has 60 heavy (non-hydrogen) atoms.